The quantitative estimate of drug-likeness (QED) is 0.734. The maximum absolute atomic E-state index is 5.81. The average Bonchev–Trinajstić information content (AvgIpc) is 2.61. The molecular formula is C10H13N3O. The van der Waals surface area contributed by atoms with Crippen LogP contribution < -0.4 is 10.5 Å². The number of hydrogen-bond acceptors (Lipinski definition) is 3. The molecule has 0 saturated heterocycles. The zero-order chi connectivity index (χ0) is 10.1. The highest BCUT2D eigenvalue weighted by atomic mass is 16.5. The van der Waals surface area contributed by atoms with Gasteiger partial charge in [0.15, 0.2) is 5.75 Å². The van der Waals surface area contributed by atoms with Crippen molar-refractivity contribution in [3.05, 3.63) is 18.5 Å². The lowest BCUT2D eigenvalue weighted by Gasteiger charge is -2.07. The molecule has 0 bridgehead atoms. The van der Waals surface area contributed by atoms with Crippen LogP contribution in [0.3, 0.4) is 0 Å². The van der Waals surface area contributed by atoms with Crippen molar-refractivity contribution < 1.29 is 4.74 Å². The molecule has 1 aromatic heterocycles. The van der Waals surface area contributed by atoms with E-state index in [0.717, 1.165) is 17.6 Å². The number of rotatable bonds is 2. The van der Waals surface area contributed by atoms with Gasteiger partial charge in [-0.15, -0.1) is 0 Å². The first-order chi connectivity index (χ1) is 6.77. The molecule has 14 heavy (non-hydrogen) atoms. The Balaban J connectivity index is 2.81. The highest BCUT2D eigenvalue weighted by Crippen LogP contribution is 2.30. The molecule has 0 spiro atoms. The minimum Gasteiger partial charge on any atom is -0.492 e. The number of nitrogens with zero attached hydrogens (tertiary/aromatic N) is 2. The van der Waals surface area contributed by atoms with Crippen LogP contribution >= 0.6 is 0 Å². The van der Waals surface area contributed by atoms with Crippen molar-refractivity contribution in [3.63, 3.8) is 0 Å². The van der Waals surface area contributed by atoms with Gasteiger partial charge in [0.2, 0.25) is 0 Å². The van der Waals surface area contributed by atoms with Gasteiger partial charge in [-0.3, -0.25) is 0 Å². The van der Waals surface area contributed by atoms with Crippen molar-refractivity contribution in [1.29, 1.82) is 0 Å². The van der Waals surface area contributed by atoms with E-state index in [4.69, 9.17) is 10.5 Å². The molecule has 2 aromatic rings. The Morgan fingerprint density at radius 2 is 2.29 bits per heavy atom. The molecule has 74 valence electrons. The number of aryl methyl sites for hydroxylation is 1. The van der Waals surface area contributed by atoms with Gasteiger partial charge in [-0.1, -0.05) is 0 Å². The van der Waals surface area contributed by atoms with Gasteiger partial charge in [0.1, 0.15) is 5.52 Å². The van der Waals surface area contributed by atoms with E-state index in [0.29, 0.717) is 11.4 Å². The van der Waals surface area contributed by atoms with Gasteiger partial charge in [-0.25, -0.2) is 4.98 Å². The molecule has 1 aromatic carbocycles. The van der Waals surface area contributed by atoms with E-state index in [2.05, 4.69) is 11.9 Å². The summed E-state index contributed by atoms with van der Waals surface area (Å²) in [6.45, 7) is 2.92. The second-order valence-electron chi connectivity index (χ2n) is 3.09. The summed E-state index contributed by atoms with van der Waals surface area (Å²) in [5, 5.41) is 0. The number of imidazole rings is 1. The zero-order valence-corrected chi connectivity index (χ0v) is 8.32. The number of ether oxygens (including phenoxy) is 1. The van der Waals surface area contributed by atoms with Crippen molar-refractivity contribution in [1.82, 2.24) is 9.55 Å². The van der Waals surface area contributed by atoms with Gasteiger partial charge < -0.3 is 15.0 Å². The molecule has 0 radical (unpaired) electrons. The Labute approximate surface area is 82.3 Å². The fourth-order valence-electron chi connectivity index (χ4n) is 1.60. The molecule has 0 atom stereocenters. The standard InChI is InChI=1S/C10H13N3O/c1-3-13-6-12-8-5-4-7(11)10(14-2)9(8)13/h4-6H,3,11H2,1-2H3. The molecule has 4 nitrogen and oxygen atoms in total. The zero-order valence-electron chi connectivity index (χ0n) is 8.32. The van der Waals surface area contributed by atoms with Crippen LogP contribution in [0.25, 0.3) is 11.0 Å². The second kappa shape index (κ2) is 3.21. The normalized spacial score (nSPS) is 10.7. The fraction of sp³-hybridized carbons (Fsp3) is 0.300. The SMILES string of the molecule is CCn1cnc2ccc(N)c(OC)c21. The van der Waals surface area contributed by atoms with Gasteiger partial charge in [0, 0.05) is 6.54 Å². The van der Waals surface area contributed by atoms with Crippen LogP contribution in [0.1, 0.15) is 6.92 Å². The van der Waals surface area contributed by atoms with E-state index in [-0.39, 0.29) is 0 Å². The Bertz CT molecular complexity index is 462. The third-order valence-electron chi connectivity index (χ3n) is 2.31. The molecule has 2 rings (SSSR count). The molecule has 2 N–H and O–H groups in total. The van der Waals surface area contributed by atoms with Crippen LogP contribution in [0.15, 0.2) is 18.5 Å². The van der Waals surface area contributed by atoms with Crippen LogP contribution in [0, 0.1) is 0 Å². The fourth-order valence-corrected chi connectivity index (χ4v) is 1.60. The molecule has 1 heterocycles. The molecule has 4 heteroatoms. The summed E-state index contributed by atoms with van der Waals surface area (Å²) in [6.07, 6.45) is 1.80. The summed E-state index contributed by atoms with van der Waals surface area (Å²) in [6, 6.07) is 3.72. The third kappa shape index (κ3) is 1.11. The number of nitrogen functional groups attached to an aromatic ring is 1. The van der Waals surface area contributed by atoms with Crippen LogP contribution in [-0.4, -0.2) is 16.7 Å². The third-order valence-corrected chi connectivity index (χ3v) is 2.31. The molecule has 0 fully saturated rings. The molecule has 0 amide bonds. The first-order valence-corrected chi connectivity index (χ1v) is 4.55. The summed E-state index contributed by atoms with van der Waals surface area (Å²) < 4.78 is 7.29. The van der Waals surface area contributed by atoms with Gasteiger partial charge in [0.05, 0.1) is 24.6 Å². The number of hydrogen-bond donors (Lipinski definition) is 1. The first-order valence-electron chi connectivity index (χ1n) is 4.55. The predicted molar refractivity (Wildman–Crippen MR) is 56.4 cm³/mol. The van der Waals surface area contributed by atoms with Crippen LogP contribution in [0.4, 0.5) is 5.69 Å². The smallest absolute Gasteiger partial charge is 0.167 e. The van der Waals surface area contributed by atoms with Crippen LogP contribution in [0.5, 0.6) is 5.75 Å². The van der Waals surface area contributed by atoms with E-state index in [1.165, 1.54) is 0 Å². The summed E-state index contributed by atoms with van der Waals surface area (Å²) in [7, 11) is 1.62. The van der Waals surface area contributed by atoms with Gasteiger partial charge in [0.25, 0.3) is 0 Å². The van der Waals surface area contributed by atoms with Gasteiger partial charge >= 0.3 is 0 Å². The van der Waals surface area contributed by atoms with E-state index >= 15 is 0 Å². The number of anilines is 1. The van der Waals surface area contributed by atoms with E-state index < -0.39 is 0 Å². The molecule has 0 unspecified atom stereocenters. The monoisotopic (exact) mass is 191 g/mol. The van der Waals surface area contributed by atoms with Crippen molar-refractivity contribution in [2.24, 2.45) is 0 Å². The van der Waals surface area contributed by atoms with E-state index in [1.807, 2.05) is 16.7 Å². The molecule has 0 aliphatic rings. The van der Waals surface area contributed by atoms with E-state index in [9.17, 15) is 0 Å². The number of nitrogens with two attached hydrogens (primary N) is 1. The first kappa shape index (κ1) is 8.87. The largest absolute Gasteiger partial charge is 0.492 e. The summed E-state index contributed by atoms with van der Waals surface area (Å²) in [4.78, 5) is 4.27. The Hall–Kier alpha value is -1.71. The highest BCUT2D eigenvalue weighted by Gasteiger charge is 2.10. The molecule has 0 aliphatic carbocycles. The maximum atomic E-state index is 5.81. The van der Waals surface area contributed by atoms with Crippen molar-refractivity contribution >= 4 is 16.7 Å². The number of fused-ring (bicyclic) bond motifs is 1. The average molecular weight is 191 g/mol. The number of methoxy groups -OCH3 is 1. The summed E-state index contributed by atoms with van der Waals surface area (Å²) in [5.74, 6) is 0.710. The Morgan fingerprint density at radius 3 is 2.93 bits per heavy atom. The van der Waals surface area contributed by atoms with Crippen molar-refractivity contribution in [2.45, 2.75) is 13.5 Å². The van der Waals surface area contributed by atoms with Crippen molar-refractivity contribution in [2.75, 3.05) is 12.8 Å². The van der Waals surface area contributed by atoms with Gasteiger partial charge in [-0.05, 0) is 19.1 Å². The Kier molecular flexibility index (Phi) is 2.04. The molecule has 0 aliphatic heterocycles. The predicted octanol–water partition coefficient (Wildman–Crippen LogP) is 1.65. The van der Waals surface area contributed by atoms with Crippen molar-refractivity contribution in [3.8, 4) is 5.75 Å². The highest BCUT2D eigenvalue weighted by molar-refractivity contribution is 5.87. The van der Waals surface area contributed by atoms with E-state index in [1.54, 1.807) is 13.4 Å². The molecular weight excluding hydrogens is 178 g/mol. The lowest BCUT2D eigenvalue weighted by Crippen LogP contribution is -1.97. The molecule has 0 saturated carbocycles. The lowest BCUT2D eigenvalue weighted by atomic mass is 10.2. The second-order valence-corrected chi connectivity index (χ2v) is 3.09. The lowest BCUT2D eigenvalue weighted by molar-refractivity contribution is 0.419. The van der Waals surface area contributed by atoms with Crippen LogP contribution in [0.2, 0.25) is 0 Å². The van der Waals surface area contributed by atoms with Gasteiger partial charge in [-0.2, -0.15) is 0 Å². The minimum absolute atomic E-state index is 0.648. The summed E-state index contributed by atoms with van der Waals surface area (Å²) in [5.41, 5.74) is 8.34. The number of aromatic nitrogens is 2. The number of benzene rings is 1. The maximum Gasteiger partial charge on any atom is 0.167 e. The topological polar surface area (TPSA) is 53.1 Å². The Morgan fingerprint density at radius 1 is 1.50 bits per heavy atom. The minimum atomic E-state index is 0.648. The summed E-state index contributed by atoms with van der Waals surface area (Å²) >= 11 is 0. The van der Waals surface area contributed by atoms with Crippen LogP contribution in [-0.2, 0) is 6.54 Å².